The van der Waals surface area contributed by atoms with Crippen molar-refractivity contribution in [3.8, 4) is 5.75 Å². The van der Waals surface area contributed by atoms with E-state index in [1.54, 1.807) is 0 Å². The fourth-order valence-corrected chi connectivity index (χ4v) is 4.13. The van der Waals surface area contributed by atoms with Gasteiger partial charge in [-0.05, 0) is 63.9 Å². The molecule has 0 atom stereocenters. The number of aryl methyl sites for hydroxylation is 2. The molecular formula is C23H29N5O2. The predicted molar refractivity (Wildman–Crippen MR) is 119 cm³/mol. The molecule has 1 aromatic carbocycles. The second-order valence-corrected chi connectivity index (χ2v) is 7.64. The molecule has 0 spiro atoms. The molecule has 0 bridgehead atoms. The van der Waals surface area contributed by atoms with Crippen LogP contribution in [0.15, 0.2) is 36.5 Å². The summed E-state index contributed by atoms with van der Waals surface area (Å²) in [5.41, 5.74) is 2.93. The van der Waals surface area contributed by atoms with Gasteiger partial charge in [-0.3, -0.25) is 9.48 Å². The first-order chi connectivity index (χ1) is 14.6. The summed E-state index contributed by atoms with van der Waals surface area (Å²) in [5, 5.41) is 8.84. The number of hydrogen-bond donors (Lipinski definition) is 1. The monoisotopic (exact) mass is 407 g/mol. The van der Waals surface area contributed by atoms with Crippen LogP contribution in [0.25, 0.3) is 10.9 Å². The number of nitrogens with zero attached hydrogens (tertiary/aromatic N) is 4. The molecule has 0 radical (unpaired) electrons. The molecule has 3 aromatic rings. The van der Waals surface area contributed by atoms with E-state index in [4.69, 9.17) is 4.74 Å². The highest BCUT2D eigenvalue weighted by Gasteiger charge is 2.27. The lowest BCUT2D eigenvalue weighted by atomic mass is 9.95. The van der Waals surface area contributed by atoms with Crippen molar-refractivity contribution in [2.24, 2.45) is 5.92 Å². The molecular weight excluding hydrogens is 378 g/mol. The minimum Gasteiger partial charge on any atom is -0.494 e. The van der Waals surface area contributed by atoms with Crippen molar-refractivity contribution in [1.82, 2.24) is 14.8 Å². The van der Waals surface area contributed by atoms with Gasteiger partial charge in [0.05, 0.1) is 12.3 Å². The fourth-order valence-electron chi connectivity index (χ4n) is 4.13. The van der Waals surface area contributed by atoms with E-state index in [-0.39, 0.29) is 11.8 Å². The fraction of sp³-hybridized carbons (Fsp3) is 0.435. The first kappa shape index (κ1) is 20.2. The number of aromatic nitrogens is 3. The third-order valence-electron chi connectivity index (χ3n) is 5.72. The number of anilines is 2. The molecule has 3 heterocycles. The maximum Gasteiger partial charge on any atom is 0.227 e. The Balaban J connectivity index is 1.41. The first-order valence-corrected chi connectivity index (χ1v) is 10.7. The topological polar surface area (TPSA) is 72.3 Å². The molecule has 30 heavy (non-hydrogen) atoms. The van der Waals surface area contributed by atoms with Crippen LogP contribution in [0.2, 0.25) is 0 Å². The number of benzene rings is 1. The minimum absolute atomic E-state index is 0.00448. The van der Waals surface area contributed by atoms with Gasteiger partial charge in [0, 0.05) is 42.8 Å². The zero-order valence-electron chi connectivity index (χ0n) is 17.9. The van der Waals surface area contributed by atoms with Crippen molar-refractivity contribution in [3.63, 3.8) is 0 Å². The minimum atomic E-state index is 0.00448. The third-order valence-corrected chi connectivity index (χ3v) is 5.72. The van der Waals surface area contributed by atoms with E-state index in [0.717, 1.165) is 66.3 Å². The SMILES string of the molecule is CCOc1ccc(NC(=O)C2CCN(c3nccc4c(C)nn(CC)c34)CC2)cc1. The summed E-state index contributed by atoms with van der Waals surface area (Å²) in [7, 11) is 0. The molecule has 0 unspecified atom stereocenters. The van der Waals surface area contributed by atoms with Gasteiger partial charge in [0.25, 0.3) is 0 Å². The summed E-state index contributed by atoms with van der Waals surface area (Å²) in [6.45, 7) is 9.14. The molecule has 1 saturated heterocycles. The van der Waals surface area contributed by atoms with E-state index >= 15 is 0 Å². The Hall–Kier alpha value is -3.09. The number of carbonyl (C=O) groups is 1. The van der Waals surface area contributed by atoms with Crippen LogP contribution in [0, 0.1) is 12.8 Å². The number of pyridine rings is 1. The van der Waals surface area contributed by atoms with Gasteiger partial charge in [0.1, 0.15) is 11.3 Å². The lowest BCUT2D eigenvalue weighted by Gasteiger charge is -2.32. The van der Waals surface area contributed by atoms with Crippen LogP contribution in [0.1, 0.15) is 32.4 Å². The Morgan fingerprint density at radius 2 is 1.90 bits per heavy atom. The number of hydrogen-bond acceptors (Lipinski definition) is 5. The summed E-state index contributed by atoms with van der Waals surface area (Å²) in [4.78, 5) is 19.7. The molecule has 0 aliphatic carbocycles. The molecule has 2 aromatic heterocycles. The zero-order valence-corrected chi connectivity index (χ0v) is 17.9. The molecule has 1 N–H and O–H groups in total. The first-order valence-electron chi connectivity index (χ1n) is 10.7. The standard InChI is InChI=1S/C23H29N5O2/c1-4-28-21-20(16(3)26-28)10-13-24-22(21)27-14-11-17(12-15-27)23(29)25-18-6-8-19(9-7-18)30-5-2/h6-10,13,17H,4-5,11-12,14-15H2,1-3H3,(H,25,29). The number of nitrogens with one attached hydrogen (secondary N) is 1. The van der Waals surface area contributed by atoms with Crippen molar-refractivity contribution in [2.75, 3.05) is 29.9 Å². The molecule has 158 valence electrons. The van der Waals surface area contributed by atoms with Gasteiger partial charge in [-0.2, -0.15) is 5.10 Å². The maximum absolute atomic E-state index is 12.7. The number of ether oxygens (including phenoxy) is 1. The van der Waals surface area contributed by atoms with E-state index in [2.05, 4.69) is 27.2 Å². The number of piperidine rings is 1. The Morgan fingerprint density at radius 3 is 2.57 bits per heavy atom. The lowest BCUT2D eigenvalue weighted by molar-refractivity contribution is -0.120. The van der Waals surface area contributed by atoms with Gasteiger partial charge in [0.15, 0.2) is 5.82 Å². The van der Waals surface area contributed by atoms with Gasteiger partial charge >= 0.3 is 0 Å². The van der Waals surface area contributed by atoms with Crippen molar-refractivity contribution in [2.45, 2.75) is 40.2 Å². The van der Waals surface area contributed by atoms with Crippen LogP contribution in [0.3, 0.4) is 0 Å². The van der Waals surface area contributed by atoms with Gasteiger partial charge in [0.2, 0.25) is 5.91 Å². The van der Waals surface area contributed by atoms with E-state index < -0.39 is 0 Å². The van der Waals surface area contributed by atoms with Crippen molar-refractivity contribution in [3.05, 3.63) is 42.2 Å². The largest absolute Gasteiger partial charge is 0.494 e. The van der Waals surface area contributed by atoms with E-state index in [9.17, 15) is 4.79 Å². The molecule has 7 nitrogen and oxygen atoms in total. The average Bonchev–Trinajstić information content (AvgIpc) is 3.11. The van der Waals surface area contributed by atoms with Crippen molar-refractivity contribution >= 4 is 28.3 Å². The molecule has 1 aliphatic rings. The summed E-state index contributed by atoms with van der Waals surface area (Å²) in [5.74, 6) is 1.87. The van der Waals surface area contributed by atoms with Crippen molar-refractivity contribution < 1.29 is 9.53 Å². The Morgan fingerprint density at radius 1 is 1.17 bits per heavy atom. The highest BCUT2D eigenvalue weighted by Crippen LogP contribution is 2.30. The Kier molecular flexibility index (Phi) is 5.88. The second kappa shape index (κ2) is 8.73. The quantitative estimate of drug-likeness (QED) is 0.668. The highest BCUT2D eigenvalue weighted by molar-refractivity contribution is 5.93. The summed E-state index contributed by atoms with van der Waals surface area (Å²) >= 11 is 0. The number of amides is 1. The molecule has 1 amide bonds. The maximum atomic E-state index is 12.7. The van der Waals surface area contributed by atoms with Crippen LogP contribution in [-0.2, 0) is 11.3 Å². The third kappa shape index (κ3) is 3.97. The van der Waals surface area contributed by atoms with Crippen LogP contribution < -0.4 is 15.0 Å². The molecule has 7 heteroatoms. The number of fused-ring (bicyclic) bond motifs is 1. The molecule has 0 saturated carbocycles. The Bertz CT molecular complexity index is 1020. The second-order valence-electron chi connectivity index (χ2n) is 7.64. The Labute approximate surface area is 177 Å². The van der Waals surface area contributed by atoms with Gasteiger partial charge < -0.3 is 15.0 Å². The van der Waals surface area contributed by atoms with E-state index in [0.29, 0.717) is 6.61 Å². The van der Waals surface area contributed by atoms with Gasteiger partial charge in [-0.25, -0.2) is 4.98 Å². The van der Waals surface area contributed by atoms with Crippen LogP contribution in [0.5, 0.6) is 5.75 Å². The lowest BCUT2D eigenvalue weighted by Crippen LogP contribution is -2.38. The summed E-state index contributed by atoms with van der Waals surface area (Å²) < 4.78 is 7.48. The smallest absolute Gasteiger partial charge is 0.227 e. The molecule has 1 aliphatic heterocycles. The van der Waals surface area contributed by atoms with E-state index in [1.165, 1.54) is 0 Å². The highest BCUT2D eigenvalue weighted by atomic mass is 16.5. The van der Waals surface area contributed by atoms with Crippen LogP contribution in [0.4, 0.5) is 11.5 Å². The average molecular weight is 408 g/mol. The van der Waals surface area contributed by atoms with Gasteiger partial charge in [-0.1, -0.05) is 0 Å². The number of carbonyl (C=O) groups excluding carboxylic acids is 1. The van der Waals surface area contributed by atoms with Gasteiger partial charge in [-0.15, -0.1) is 0 Å². The van der Waals surface area contributed by atoms with Crippen LogP contribution >= 0.6 is 0 Å². The van der Waals surface area contributed by atoms with Crippen molar-refractivity contribution in [1.29, 1.82) is 0 Å². The number of rotatable bonds is 6. The predicted octanol–water partition coefficient (Wildman–Crippen LogP) is 4.01. The summed E-state index contributed by atoms with van der Waals surface area (Å²) in [6.07, 6.45) is 3.47. The molecule has 4 rings (SSSR count). The van der Waals surface area contributed by atoms with E-state index in [1.807, 2.05) is 55.1 Å². The zero-order chi connectivity index (χ0) is 21.1. The summed E-state index contributed by atoms with van der Waals surface area (Å²) in [6, 6.07) is 9.57. The normalized spacial score (nSPS) is 14.8. The van der Waals surface area contributed by atoms with Crippen LogP contribution in [-0.4, -0.2) is 40.4 Å². The molecule has 1 fully saturated rings.